The van der Waals surface area contributed by atoms with Crippen LogP contribution < -0.4 is 9.64 Å². The maximum atomic E-state index is 5.15. The van der Waals surface area contributed by atoms with Crippen LogP contribution in [0.5, 0.6) is 5.75 Å². The van der Waals surface area contributed by atoms with Gasteiger partial charge in [-0.3, -0.25) is 0 Å². The van der Waals surface area contributed by atoms with Crippen molar-refractivity contribution in [3.05, 3.63) is 48.5 Å². The third kappa shape index (κ3) is 2.59. The van der Waals surface area contributed by atoms with Crippen LogP contribution in [0.4, 0.5) is 5.69 Å². The van der Waals surface area contributed by atoms with E-state index >= 15 is 0 Å². The lowest BCUT2D eigenvalue weighted by atomic mass is 10.1. The Morgan fingerprint density at radius 1 is 0.765 bits per heavy atom. The molecule has 0 aliphatic carbocycles. The Labute approximate surface area is 102 Å². The summed E-state index contributed by atoms with van der Waals surface area (Å²) in [6.45, 7) is 0. The second kappa shape index (κ2) is 4.91. The van der Waals surface area contributed by atoms with Crippen LogP contribution in [-0.4, -0.2) is 21.2 Å². The summed E-state index contributed by atoms with van der Waals surface area (Å²) in [5.74, 6) is 0.888. The molecule has 2 aromatic rings. The Morgan fingerprint density at radius 2 is 1.24 bits per heavy atom. The SMILES string of the molecule is COc1ccc(-c2ccc(N(C)C)cc2)cc1. The molecular formula is C15H17NO. The van der Waals surface area contributed by atoms with Gasteiger partial charge in [0.2, 0.25) is 0 Å². The molecule has 17 heavy (non-hydrogen) atoms. The summed E-state index contributed by atoms with van der Waals surface area (Å²) in [5.41, 5.74) is 3.64. The maximum absolute atomic E-state index is 5.15. The van der Waals surface area contributed by atoms with Crippen molar-refractivity contribution in [2.45, 2.75) is 0 Å². The summed E-state index contributed by atoms with van der Waals surface area (Å²) >= 11 is 0. The number of nitrogens with zero attached hydrogens (tertiary/aromatic N) is 1. The van der Waals surface area contributed by atoms with Crippen LogP contribution in [0.15, 0.2) is 48.5 Å². The molecule has 0 aliphatic heterocycles. The minimum atomic E-state index is 0.888. The molecule has 2 aromatic carbocycles. The van der Waals surface area contributed by atoms with Crippen molar-refractivity contribution in [2.75, 3.05) is 26.1 Å². The summed E-state index contributed by atoms with van der Waals surface area (Å²) in [6, 6.07) is 16.6. The normalized spacial score (nSPS) is 10.1. The van der Waals surface area contributed by atoms with Gasteiger partial charge < -0.3 is 9.64 Å². The number of ether oxygens (including phenoxy) is 1. The summed E-state index contributed by atoms with van der Waals surface area (Å²) in [4.78, 5) is 2.10. The fourth-order valence-electron chi connectivity index (χ4n) is 1.74. The van der Waals surface area contributed by atoms with E-state index < -0.39 is 0 Å². The van der Waals surface area contributed by atoms with Crippen molar-refractivity contribution >= 4 is 5.69 Å². The van der Waals surface area contributed by atoms with Crippen LogP contribution in [0.2, 0.25) is 0 Å². The van der Waals surface area contributed by atoms with Gasteiger partial charge in [-0.15, -0.1) is 0 Å². The average molecular weight is 227 g/mol. The van der Waals surface area contributed by atoms with Crippen LogP contribution in [0.25, 0.3) is 11.1 Å². The third-order valence-corrected chi connectivity index (χ3v) is 2.81. The molecular weight excluding hydrogens is 210 g/mol. The van der Waals surface area contributed by atoms with Crippen LogP contribution in [0.1, 0.15) is 0 Å². The summed E-state index contributed by atoms with van der Waals surface area (Å²) in [7, 11) is 5.77. The van der Waals surface area contributed by atoms with E-state index in [9.17, 15) is 0 Å². The molecule has 0 spiro atoms. The first-order chi connectivity index (χ1) is 8.20. The topological polar surface area (TPSA) is 12.5 Å². The van der Waals surface area contributed by atoms with Gasteiger partial charge in [-0.1, -0.05) is 24.3 Å². The van der Waals surface area contributed by atoms with Crippen molar-refractivity contribution in [2.24, 2.45) is 0 Å². The molecule has 0 saturated carbocycles. The lowest BCUT2D eigenvalue weighted by Gasteiger charge is -2.12. The first-order valence-electron chi connectivity index (χ1n) is 5.62. The van der Waals surface area contributed by atoms with Crippen molar-refractivity contribution < 1.29 is 4.74 Å². The zero-order valence-electron chi connectivity index (χ0n) is 10.5. The van der Waals surface area contributed by atoms with Crippen LogP contribution in [-0.2, 0) is 0 Å². The molecule has 0 aliphatic rings. The molecule has 0 N–H and O–H groups in total. The van der Waals surface area contributed by atoms with E-state index in [2.05, 4.69) is 41.3 Å². The van der Waals surface area contributed by atoms with E-state index in [1.807, 2.05) is 26.2 Å². The highest BCUT2D eigenvalue weighted by Crippen LogP contribution is 2.24. The quantitative estimate of drug-likeness (QED) is 0.796. The predicted molar refractivity (Wildman–Crippen MR) is 72.8 cm³/mol. The van der Waals surface area contributed by atoms with E-state index in [0.717, 1.165) is 5.75 Å². The molecule has 88 valence electrons. The Balaban J connectivity index is 2.26. The number of methoxy groups -OCH3 is 1. The second-order valence-electron chi connectivity index (χ2n) is 4.17. The maximum Gasteiger partial charge on any atom is 0.118 e. The van der Waals surface area contributed by atoms with Gasteiger partial charge >= 0.3 is 0 Å². The molecule has 0 saturated heterocycles. The Bertz CT molecular complexity index is 471. The predicted octanol–water partition coefficient (Wildman–Crippen LogP) is 3.43. The Morgan fingerprint density at radius 3 is 1.65 bits per heavy atom. The van der Waals surface area contributed by atoms with E-state index in [-0.39, 0.29) is 0 Å². The standard InChI is InChI=1S/C15H17NO/c1-16(2)14-8-4-12(5-9-14)13-6-10-15(17-3)11-7-13/h4-11H,1-3H3. The average Bonchev–Trinajstić information content (AvgIpc) is 2.39. The van der Waals surface area contributed by atoms with Gasteiger partial charge in [0.05, 0.1) is 7.11 Å². The number of benzene rings is 2. The third-order valence-electron chi connectivity index (χ3n) is 2.81. The second-order valence-corrected chi connectivity index (χ2v) is 4.17. The lowest BCUT2D eigenvalue weighted by molar-refractivity contribution is 0.415. The number of hydrogen-bond acceptors (Lipinski definition) is 2. The minimum Gasteiger partial charge on any atom is -0.497 e. The minimum absolute atomic E-state index is 0.888. The molecule has 2 heteroatoms. The largest absolute Gasteiger partial charge is 0.497 e. The lowest BCUT2D eigenvalue weighted by Crippen LogP contribution is -2.07. The van der Waals surface area contributed by atoms with Crippen molar-refractivity contribution in [1.29, 1.82) is 0 Å². The molecule has 2 nitrogen and oxygen atoms in total. The Kier molecular flexibility index (Phi) is 3.33. The summed E-state index contributed by atoms with van der Waals surface area (Å²) in [6.07, 6.45) is 0. The molecule has 0 atom stereocenters. The fraction of sp³-hybridized carbons (Fsp3) is 0.200. The van der Waals surface area contributed by atoms with Crippen molar-refractivity contribution in [1.82, 2.24) is 0 Å². The van der Waals surface area contributed by atoms with Crippen molar-refractivity contribution in [3.8, 4) is 16.9 Å². The van der Waals surface area contributed by atoms with Crippen LogP contribution >= 0.6 is 0 Å². The molecule has 0 radical (unpaired) electrons. The first-order valence-corrected chi connectivity index (χ1v) is 5.62. The molecule has 0 fully saturated rings. The molecule has 2 rings (SSSR count). The van der Waals surface area contributed by atoms with Gasteiger partial charge in [-0.05, 0) is 35.4 Å². The highest BCUT2D eigenvalue weighted by Gasteiger charge is 1.99. The smallest absolute Gasteiger partial charge is 0.118 e. The van der Waals surface area contributed by atoms with E-state index in [1.165, 1.54) is 16.8 Å². The van der Waals surface area contributed by atoms with Crippen LogP contribution in [0, 0.1) is 0 Å². The fourth-order valence-corrected chi connectivity index (χ4v) is 1.74. The summed E-state index contributed by atoms with van der Waals surface area (Å²) < 4.78 is 5.15. The zero-order chi connectivity index (χ0) is 12.3. The first kappa shape index (κ1) is 11.5. The highest BCUT2D eigenvalue weighted by atomic mass is 16.5. The van der Waals surface area contributed by atoms with Crippen molar-refractivity contribution in [3.63, 3.8) is 0 Å². The Hall–Kier alpha value is -1.96. The molecule has 0 heterocycles. The highest BCUT2D eigenvalue weighted by molar-refractivity contribution is 5.66. The molecule has 0 aromatic heterocycles. The molecule has 0 bridgehead atoms. The van der Waals surface area contributed by atoms with Gasteiger partial charge in [0.25, 0.3) is 0 Å². The van der Waals surface area contributed by atoms with Gasteiger partial charge in [0, 0.05) is 19.8 Å². The monoisotopic (exact) mass is 227 g/mol. The summed E-state index contributed by atoms with van der Waals surface area (Å²) in [5, 5.41) is 0. The van der Waals surface area contributed by atoms with Gasteiger partial charge in [0.15, 0.2) is 0 Å². The van der Waals surface area contributed by atoms with Gasteiger partial charge in [0.1, 0.15) is 5.75 Å². The van der Waals surface area contributed by atoms with E-state index in [0.29, 0.717) is 0 Å². The van der Waals surface area contributed by atoms with Gasteiger partial charge in [-0.2, -0.15) is 0 Å². The zero-order valence-corrected chi connectivity index (χ0v) is 10.5. The number of rotatable bonds is 3. The van der Waals surface area contributed by atoms with Gasteiger partial charge in [-0.25, -0.2) is 0 Å². The number of hydrogen-bond donors (Lipinski definition) is 0. The molecule has 0 unspecified atom stereocenters. The number of anilines is 1. The van der Waals surface area contributed by atoms with E-state index in [4.69, 9.17) is 4.74 Å². The van der Waals surface area contributed by atoms with Crippen LogP contribution in [0.3, 0.4) is 0 Å². The molecule has 0 amide bonds. The van der Waals surface area contributed by atoms with E-state index in [1.54, 1.807) is 7.11 Å².